The number of benzene rings is 4. The van der Waals surface area contributed by atoms with Crippen LogP contribution in [0.1, 0.15) is 0 Å². The molecule has 1 aromatic heterocycles. The average molecular weight is 457 g/mol. The minimum atomic E-state index is -3.59. The molecule has 0 bridgehead atoms. The molecule has 0 atom stereocenters. The van der Waals surface area contributed by atoms with Crippen molar-refractivity contribution in [3.05, 3.63) is 125 Å². The molecule has 4 aromatic carbocycles. The first-order chi connectivity index (χ1) is 15.6. The SMILES string of the molecule is O=c1oc2ccc(Cl)cc2c(-c2ccccc2)c1P(=O)(c1ccccc1)c1ccccc1. The summed E-state index contributed by atoms with van der Waals surface area (Å²) in [7, 11) is -3.59. The van der Waals surface area contributed by atoms with Gasteiger partial charge in [-0.05, 0) is 23.8 Å². The van der Waals surface area contributed by atoms with E-state index in [4.69, 9.17) is 16.0 Å². The summed E-state index contributed by atoms with van der Waals surface area (Å²) in [5, 5.41) is 2.43. The van der Waals surface area contributed by atoms with Gasteiger partial charge in [0.1, 0.15) is 10.9 Å². The van der Waals surface area contributed by atoms with E-state index in [2.05, 4.69) is 0 Å². The molecule has 3 nitrogen and oxygen atoms in total. The molecule has 32 heavy (non-hydrogen) atoms. The van der Waals surface area contributed by atoms with Crippen molar-refractivity contribution in [2.45, 2.75) is 0 Å². The Morgan fingerprint density at radius 3 is 1.78 bits per heavy atom. The van der Waals surface area contributed by atoms with Gasteiger partial charge in [-0.2, -0.15) is 0 Å². The second-order valence-electron chi connectivity index (χ2n) is 7.40. The summed E-state index contributed by atoms with van der Waals surface area (Å²) in [4.78, 5) is 13.5. The van der Waals surface area contributed by atoms with Gasteiger partial charge in [0.25, 0.3) is 0 Å². The van der Waals surface area contributed by atoms with Gasteiger partial charge in [0.05, 0.1) is 0 Å². The predicted molar refractivity (Wildman–Crippen MR) is 132 cm³/mol. The molecular formula is C27H18ClO3P. The van der Waals surface area contributed by atoms with Crippen LogP contribution >= 0.6 is 18.7 Å². The molecule has 0 aliphatic carbocycles. The smallest absolute Gasteiger partial charge is 0.348 e. The topological polar surface area (TPSA) is 47.3 Å². The Kier molecular flexibility index (Phi) is 5.30. The first-order valence-electron chi connectivity index (χ1n) is 10.1. The average Bonchev–Trinajstić information content (AvgIpc) is 2.85. The second kappa shape index (κ2) is 8.27. The van der Waals surface area contributed by atoms with E-state index in [9.17, 15) is 4.79 Å². The molecular weight excluding hydrogens is 439 g/mol. The Morgan fingerprint density at radius 1 is 0.688 bits per heavy atom. The first kappa shape index (κ1) is 20.5. The maximum absolute atomic E-state index is 15.1. The molecule has 0 saturated heterocycles. The molecule has 0 N–H and O–H groups in total. The number of rotatable bonds is 4. The third-order valence-electron chi connectivity index (χ3n) is 5.46. The van der Waals surface area contributed by atoms with Crippen molar-refractivity contribution in [1.82, 2.24) is 0 Å². The fraction of sp³-hybridized carbons (Fsp3) is 0. The molecule has 0 aliphatic heterocycles. The van der Waals surface area contributed by atoms with Crippen LogP contribution in [0, 0.1) is 0 Å². The highest BCUT2D eigenvalue weighted by Crippen LogP contribution is 2.45. The van der Waals surface area contributed by atoms with Crippen molar-refractivity contribution < 1.29 is 8.98 Å². The van der Waals surface area contributed by atoms with E-state index in [1.807, 2.05) is 66.7 Å². The van der Waals surface area contributed by atoms with Gasteiger partial charge in [-0.25, -0.2) is 4.79 Å². The van der Waals surface area contributed by atoms with Crippen molar-refractivity contribution in [2.75, 3.05) is 0 Å². The zero-order chi connectivity index (χ0) is 22.1. The Balaban J connectivity index is 2.00. The molecule has 1 heterocycles. The van der Waals surface area contributed by atoms with Crippen molar-refractivity contribution in [2.24, 2.45) is 0 Å². The van der Waals surface area contributed by atoms with Crippen LogP contribution in [0.3, 0.4) is 0 Å². The summed E-state index contributed by atoms with van der Waals surface area (Å²) < 4.78 is 20.8. The zero-order valence-electron chi connectivity index (χ0n) is 16.9. The van der Waals surface area contributed by atoms with Crippen LogP contribution in [0.25, 0.3) is 22.1 Å². The lowest BCUT2D eigenvalue weighted by atomic mass is 10.0. The van der Waals surface area contributed by atoms with Crippen molar-refractivity contribution in [3.8, 4) is 11.1 Å². The fourth-order valence-electron chi connectivity index (χ4n) is 4.03. The second-order valence-corrected chi connectivity index (χ2v) is 10.5. The van der Waals surface area contributed by atoms with Gasteiger partial charge in [-0.15, -0.1) is 0 Å². The molecule has 156 valence electrons. The van der Waals surface area contributed by atoms with Gasteiger partial charge in [-0.1, -0.05) is 103 Å². The third-order valence-corrected chi connectivity index (χ3v) is 8.78. The Hall–Kier alpha value is -3.39. The van der Waals surface area contributed by atoms with Gasteiger partial charge >= 0.3 is 5.63 Å². The minimum absolute atomic E-state index is 0.149. The van der Waals surface area contributed by atoms with Gasteiger partial charge in [0.15, 0.2) is 7.14 Å². The zero-order valence-corrected chi connectivity index (χ0v) is 18.6. The lowest BCUT2D eigenvalue weighted by Crippen LogP contribution is -2.35. The fourth-order valence-corrected chi connectivity index (χ4v) is 7.07. The monoisotopic (exact) mass is 456 g/mol. The van der Waals surface area contributed by atoms with E-state index >= 15 is 4.57 Å². The van der Waals surface area contributed by atoms with Crippen LogP contribution < -0.4 is 21.5 Å². The van der Waals surface area contributed by atoms with E-state index < -0.39 is 12.8 Å². The quantitative estimate of drug-likeness (QED) is 0.255. The highest BCUT2D eigenvalue weighted by atomic mass is 35.5. The Labute approximate surface area is 190 Å². The summed E-state index contributed by atoms with van der Waals surface area (Å²) in [5.74, 6) is 0. The standard InChI is InChI=1S/C27H18ClO3P/c28-20-16-17-24-23(18-20)25(19-10-4-1-5-11-19)26(27(29)31-24)32(30,21-12-6-2-7-13-21)22-14-8-3-9-15-22/h1-18H. The van der Waals surface area contributed by atoms with E-state index in [1.54, 1.807) is 42.5 Å². The summed E-state index contributed by atoms with van der Waals surface area (Å²) in [6, 6.07) is 32.8. The molecule has 5 heteroatoms. The number of halogens is 1. The van der Waals surface area contributed by atoms with Gasteiger partial charge in [-0.3, -0.25) is 0 Å². The predicted octanol–water partition coefficient (Wildman–Crippen LogP) is 5.75. The normalized spacial score (nSPS) is 11.5. The number of hydrogen-bond donors (Lipinski definition) is 0. The third kappa shape index (κ3) is 3.40. The summed E-state index contributed by atoms with van der Waals surface area (Å²) in [6.07, 6.45) is 0. The van der Waals surface area contributed by atoms with Crippen molar-refractivity contribution in [1.29, 1.82) is 0 Å². The lowest BCUT2D eigenvalue weighted by Gasteiger charge is -2.22. The summed E-state index contributed by atoms with van der Waals surface area (Å²) >= 11 is 6.33. The maximum atomic E-state index is 15.1. The molecule has 0 spiro atoms. The number of hydrogen-bond acceptors (Lipinski definition) is 3. The van der Waals surface area contributed by atoms with E-state index in [0.717, 1.165) is 5.56 Å². The molecule has 5 rings (SSSR count). The lowest BCUT2D eigenvalue weighted by molar-refractivity contribution is 0.563. The maximum Gasteiger partial charge on any atom is 0.348 e. The minimum Gasteiger partial charge on any atom is -0.422 e. The van der Waals surface area contributed by atoms with E-state index in [0.29, 0.717) is 32.2 Å². The highest BCUT2D eigenvalue weighted by Gasteiger charge is 2.37. The molecule has 0 amide bonds. The summed E-state index contributed by atoms with van der Waals surface area (Å²) in [5.41, 5.74) is 1.13. The largest absolute Gasteiger partial charge is 0.422 e. The molecule has 0 radical (unpaired) electrons. The van der Waals surface area contributed by atoms with Crippen LogP contribution in [-0.4, -0.2) is 0 Å². The van der Waals surface area contributed by atoms with Gasteiger partial charge < -0.3 is 8.98 Å². The Bertz CT molecular complexity index is 1470. The molecule has 5 aromatic rings. The van der Waals surface area contributed by atoms with Crippen LogP contribution in [0.5, 0.6) is 0 Å². The van der Waals surface area contributed by atoms with E-state index in [-0.39, 0.29) is 5.30 Å². The first-order valence-corrected chi connectivity index (χ1v) is 12.2. The van der Waals surface area contributed by atoms with Gasteiger partial charge in [0, 0.05) is 26.6 Å². The molecule has 0 aliphatic rings. The molecule has 0 unspecified atom stereocenters. The van der Waals surface area contributed by atoms with Crippen molar-refractivity contribution >= 4 is 45.6 Å². The van der Waals surface area contributed by atoms with Gasteiger partial charge in [0.2, 0.25) is 0 Å². The Morgan fingerprint density at radius 2 is 1.22 bits per heavy atom. The van der Waals surface area contributed by atoms with Crippen LogP contribution in [-0.2, 0) is 4.57 Å². The molecule has 0 saturated carbocycles. The van der Waals surface area contributed by atoms with Crippen LogP contribution in [0.15, 0.2) is 118 Å². The van der Waals surface area contributed by atoms with Crippen LogP contribution in [0.2, 0.25) is 5.02 Å². The summed E-state index contributed by atoms with van der Waals surface area (Å²) in [6.45, 7) is 0. The number of fused-ring (bicyclic) bond motifs is 1. The highest BCUT2D eigenvalue weighted by molar-refractivity contribution is 7.85. The molecule has 0 fully saturated rings. The van der Waals surface area contributed by atoms with Crippen molar-refractivity contribution in [3.63, 3.8) is 0 Å². The van der Waals surface area contributed by atoms with E-state index in [1.165, 1.54) is 0 Å². The van der Waals surface area contributed by atoms with Crippen LogP contribution in [0.4, 0.5) is 0 Å².